The summed E-state index contributed by atoms with van der Waals surface area (Å²) in [6.07, 6.45) is 3.71. The summed E-state index contributed by atoms with van der Waals surface area (Å²) in [5.74, 6) is 0. The Bertz CT molecular complexity index is 231. The van der Waals surface area contributed by atoms with E-state index in [1.54, 1.807) is 0 Å². The van der Waals surface area contributed by atoms with Gasteiger partial charge < -0.3 is 5.32 Å². The van der Waals surface area contributed by atoms with Gasteiger partial charge in [-0.3, -0.25) is 4.98 Å². The van der Waals surface area contributed by atoms with E-state index in [2.05, 4.69) is 24.1 Å². The Labute approximate surface area is 61.3 Å². The molecule has 54 valence electrons. The monoisotopic (exact) mass is 136 g/mol. The van der Waals surface area contributed by atoms with E-state index in [1.807, 2.05) is 19.4 Å². The number of aromatic nitrogens is 1. The second kappa shape index (κ2) is 2.69. The fourth-order valence-electron chi connectivity index (χ4n) is 0.882. The maximum atomic E-state index is 4.05. The Hall–Kier alpha value is -1.05. The van der Waals surface area contributed by atoms with Crippen LogP contribution in [0.2, 0.25) is 0 Å². The van der Waals surface area contributed by atoms with Crippen LogP contribution < -0.4 is 5.32 Å². The van der Waals surface area contributed by atoms with Crippen molar-refractivity contribution in [3.63, 3.8) is 0 Å². The van der Waals surface area contributed by atoms with E-state index >= 15 is 0 Å². The smallest absolute Gasteiger partial charge is 0.0556 e. The van der Waals surface area contributed by atoms with Crippen LogP contribution in [0.5, 0.6) is 0 Å². The second-order valence-corrected chi connectivity index (χ2v) is 2.38. The molecule has 1 N–H and O–H groups in total. The van der Waals surface area contributed by atoms with Crippen LogP contribution in [-0.2, 0) is 0 Å². The quantitative estimate of drug-likeness (QED) is 0.636. The van der Waals surface area contributed by atoms with Gasteiger partial charge in [0.25, 0.3) is 0 Å². The number of anilines is 1. The molecule has 0 unspecified atom stereocenters. The summed E-state index contributed by atoms with van der Waals surface area (Å²) < 4.78 is 0. The Balaban J connectivity index is 3.14. The molecule has 1 aromatic heterocycles. The lowest BCUT2D eigenvalue weighted by molar-refractivity contribution is 1.21. The molecule has 1 rings (SSSR count). The molecule has 0 saturated carbocycles. The van der Waals surface area contributed by atoms with Crippen LogP contribution in [-0.4, -0.2) is 12.0 Å². The minimum Gasteiger partial charge on any atom is -0.387 e. The van der Waals surface area contributed by atoms with Crippen LogP contribution in [0.3, 0.4) is 0 Å². The van der Waals surface area contributed by atoms with E-state index in [0.29, 0.717) is 0 Å². The zero-order valence-electron chi connectivity index (χ0n) is 6.60. The van der Waals surface area contributed by atoms with Crippen molar-refractivity contribution in [1.82, 2.24) is 4.98 Å². The highest BCUT2D eigenvalue weighted by atomic mass is 14.8. The highest BCUT2D eigenvalue weighted by molar-refractivity contribution is 5.50. The molecule has 0 aliphatic rings. The van der Waals surface area contributed by atoms with Gasteiger partial charge in [-0.2, -0.15) is 0 Å². The van der Waals surface area contributed by atoms with Crippen molar-refractivity contribution in [2.75, 3.05) is 12.4 Å². The molecule has 2 heteroatoms. The van der Waals surface area contributed by atoms with Gasteiger partial charge in [0, 0.05) is 13.2 Å². The molecule has 0 atom stereocenters. The normalized spacial score (nSPS) is 9.50. The zero-order chi connectivity index (χ0) is 7.56. The van der Waals surface area contributed by atoms with Crippen LogP contribution in [0.1, 0.15) is 11.1 Å². The van der Waals surface area contributed by atoms with Crippen molar-refractivity contribution < 1.29 is 0 Å². The maximum Gasteiger partial charge on any atom is 0.0556 e. The predicted molar refractivity (Wildman–Crippen MR) is 43.3 cm³/mol. The molecular weight excluding hydrogens is 124 g/mol. The van der Waals surface area contributed by atoms with Crippen LogP contribution in [0, 0.1) is 13.8 Å². The molecular formula is C8H12N2. The second-order valence-electron chi connectivity index (χ2n) is 2.38. The summed E-state index contributed by atoms with van der Waals surface area (Å²) in [6.45, 7) is 4.14. The first-order chi connectivity index (χ1) is 4.75. The number of rotatable bonds is 1. The lowest BCUT2D eigenvalue weighted by Crippen LogP contribution is -1.94. The molecule has 0 aliphatic carbocycles. The van der Waals surface area contributed by atoms with Crippen LogP contribution >= 0.6 is 0 Å². The molecule has 0 saturated heterocycles. The van der Waals surface area contributed by atoms with E-state index in [4.69, 9.17) is 0 Å². The van der Waals surface area contributed by atoms with Gasteiger partial charge in [0.15, 0.2) is 0 Å². The van der Waals surface area contributed by atoms with E-state index in [9.17, 15) is 0 Å². The Morgan fingerprint density at radius 2 is 2.00 bits per heavy atom. The zero-order valence-corrected chi connectivity index (χ0v) is 6.60. The van der Waals surface area contributed by atoms with Gasteiger partial charge >= 0.3 is 0 Å². The minimum absolute atomic E-state index is 1.11. The first kappa shape index (κ1) is 7.06. The van der Waals surface area contributed by atoms with Gasteiger partial charge in [-0.15, -0.1) is 0 Å². The predicted octanol–water partition coefficient (Wildman–Crippen LogP) is 1.74. The van der Waals surface area contributed by atoms with Gasteiger partial charge in [-0.05, 0) is 25.0 Å². The molecule has 0 spiro atoms. The van der Waals surface area contributed by atoms with Gasteiger partial charge in [-0.25, -0.2) is 0 Å². The lowest BCUT2D eigenvalue weighted by atomic mass is 10.1. The molecule has 1 aromatic rings. The molecule has 0 aliphatic heterocycles. The molecule has 0 fully saturated rings. The molecule has 1 heterocycles. The van der Waals surface area contributed by atoms with E-state index < -0.39 is 0 Å². The van der Waals surface area contributed by atoms with E-state index in [1.165, 1.54) is 11.1 Å². The summed E-state index contributed by atoms with van der Waals surface area (Å²) in [7, 11) is 1.91. The topological polar surface area (TPSA) is 24.9 Å². The van der Waals surface area contributed by atoms with Crippen molar-refractivity contribution >= 4 is 5.69 Å². The van der Waals surface area contributed by atoms with Crippen LogP contribution in [0.15, 0.2) is 12.4 Å². The third-order valence-corrected chi connectivity index (χ3v) is 1.74. The first-order valence-electron chi connectivity index (χ1n) is 3.34. The Morgan fingerprint density at radius 1 is 1.30 bits per heavy atom. The average molecular weight is 136 g/mol. The summed E-state index contributed by atoms with van der Waals surface area (Å²) in [5, 5.41) is 3.07. The molecule has 0 radical (unpaired) electrons. The van der Waals surface area contributed by atoms with Gasteiger partial charge in [-0.1, -0.05) is 0 Å². The van der Waals surface area contributed by atoms with Crippen molar-refractivity contribution in [1.29, 1.82) is 0 Å². The van der Waals surface area contributed by atoms with Crippen molar-refractivity contribution in [2.45, 2.75) is 13.8 Å². The highest BCUT2D eigenvalue weighted by Crippen LogP contribution is 2.14. The SMILES string of the molecule is CNc1cncc(C)c1C. The summed E-state index contributed by atoms with van der Waals surface area (Å²) in [4.78, 5) is 4.05. The molecule has 2 nitrogen and oxygen atoms in total. The van der Waals surface area contributed by atoms with E-state index in [0.717, 1.165) is 5.69 Å². The number of nitrogens with one attached hydrogen (secondary N) is 1. The third kappa shape index (κ3) is 1.10. The number of pyridine rings is 1. The number of aryl methyl sites for hydroxylation is 1. The lowest BCUT2D eigenvalue weighted by Gasteiger charge is -2.05. The number of hydrogen-bond acceptors (Lipinski definition) is 2. The number of nitrogens with zero attached hydrogens (tertiary/aromatic N) is 1. The van der Waals surface area contributed by atoms with Gasteiger partial charge in [0.1, 0.15) is 0 Å². The largest absolute Gasteiger partial charge is 0.387 e. The fourth-order valence-corrected chi connectivity index (χ4v) is 0.882. The van der Waals surface area contributed by atoms with Crippen molar-refractivity contribution in [2.24, 2.45) is 0 Å². The molecule has 0 amide bonds. The number of hydrogen-bond donors (Lipinski definition) is 1. The van der Waals surface area contributed by atoms with Crippen LogP contribution in [0.4, 0.5) is 5.69 Å². The fraction of sp³-hybridized carbons (Fsp3) is 0.375. The van der Waals surface area contributed by atoms with E-state index in [-0.39, 0.29) is 0 Å². The average Bonchev–Trinajstić information content (AvgIpc) is 1.95. The van der Waals surface area contributed by atoms with Gasteiger partial charge in [0.2, 0.25) is 0 Å². The summed E-state index contributed by atoms with van der Waals surface area (Å²) >= 11 is 0. The van der Waals surface area contributed by atoms with Crippen molar-refractivity contribution in [3.8, 4) is 0 Å². The van der Waals surface area contributed by atoms with Gasteiger partial charge in [0.05, 0.1) is 11.9 Å². The minimum atomic E-state index is 1.11. The Morgan fingerprint density at radius 3 is 2.50 bits per heavy atom. The maximum absolute atomic E-state index is 4.05. The summed E-state index contributed by atoms with van der Waals surface area (Å²) in [6, 6.07) is 0. The molecule has 10 heavy (non-hydrogen) atoms. The Kier molecular flexibility index (Phi) is 1.90. The highest BCUT2D eigenvalue weighted by Gasteiger charge is 1.96. The van der Waals surface area contributed by atoms with Crippen LogP contribution in [0.25, 0.3) is 0 Å². The van der Waals surface area contributed by atoms with Crippen molar-refractivity contribution in [3.05, 3.63) is 23.5 Å². The summed E-state index contributed by atoms with van der Waals surface area (Å²) in [5.41, 5.74) is 3.62. The third-order valence-electron chi connectivity index (χ3n) is 1.74. The first-order valence-corrected chi connectivity index (χ1v) is 3.34. The molecule has 0 aromatic carbocycles. The standard InChI is InChI=1S/C8H12N2/c1-6-4-10-5-8(9-3)7(6)2/h4-5,9H,1-3H3. The molecule has 0 bridgehead atoms.